The molecule has 0 radical (unpaired) electrons. The topological polar surface area (TPSA) is 71.5 Å². The lowest BCUT2D eigenvalue weighted by Gasteiger charge is -2.37. The van der Waals surface area contributed by atoms with Gasteiger partial charge in [0.1, 0.15) is 0 Å². The molecule has 0 unspecified atom stereocenters. The van der Waals surface area contributed by atoms with Gasteiger partial charge in [-0.1, -0.05) is 20.3 Å². The van der Waals surface area contributed by atoms with Crippen LogP contribution < -0.4 is 0 Å². The lowest BCUT2D eigenvalue weighted by atomic mass is 10.2. The summed E-state index contributed by atoms with van der Waals surface area (Å²) in [6, 6.07) is 0. The molecule has 1 aliphatic heterocycles. The first kappa shape index (κ1) is 15.9. The summed E-state index contributed by atoms with van der Waals surface area (Å²) in [5.41, 5.74) is 0. The highest BCUT2D eigenvalue weighted by molar-refractivity contribution is 7.93. The minimum atomic E-state index is -3.35. The molecule has 108 valence electrons. The van der Waals surface area contributed by atoms with Crippen molar-refractivity contribution in [2.75, 3.05) is 24.6 Å². The van der Waals surface area contributed by atoms with Crippen molar-refractivity contribution in [3.8, 4) is 0 Å². The Balaban J connectivity index is 2.88. The fourth-order valence-corrected chi connectivity index (χ4v) is 5.54. The maximum Gasteiger partial charge on any atom is 0.214 e. The van der Waals surface area contributed by atoms with E-state index in [0.717, 1.165) is 6.42 Å². The van der Waals surface area contributed by atoms with Crippen LogP contribution in [0.15, 0.2) is 0 Å². The molecule has 0 bridgehead atoms. The van der Waals surface area contributed by atoms with Gasteiger partial charge in [-0.25, -0.2) is 16.8 Å². The van der Waals surface area contributed by atoms with Crippen molar-refractivity contribution in [1.29, 1.82) is 0 Å². The summed E-state index contributed by atoms with van der Waals surface area (Å²) in [6.07, 6.45) is 0.800. The van der Waals surface area contributed by atoms with Crippen LogP contribution in [0.4, 0.5) is 0 Å². The summed E-state index contributed by atoms with van der Waals surface area (Å²) < 4.78 is 48.4. The van der Waals surface area contributed by atoms with Crippen LogP contribution in [0.5, 0.6) is 0 Å². The van der Waals surface area contributed by atoms with Crippen molar-refractivity contribution >= 4 is 19.9 Å². The highest BCUT2D eigenvalue weighted by Gasteiger charge is 2.43. The van der Waals surface area contributed by atoms with E-state index in [2.05, 4.69) is 0 Å². The Morgan fingerprint density at radius 1 is 1.33 bits per heavy atom. The van der Waals surface area contributed by atoms with Crippen LogP contribution in [0.3, 0.4) is 0 Å². The molecule has 0 aromatic carbocycles. The second kappa shape index (κ2) is 5.09. The largest absolute Gasteiger partial charge is 0.228 e. The minimum absolute atomic E-state index is 0.0636. The van der Waals surface area contributed by atoms with Crippen molar-refractivity contribution in [1.82, 2.24) is 4.31 Å². The summed E-state index contributed by atoms with van der Waals surface area (Å²) >= 11 is 0. The first-order valence-corrected chi connectivity index (χ1v) is 9.48. The molecule has 0 aromatic heterocycles. The Kier molecular flexibility index (Phi) is 4.50. The summed E-state index contributed by atoms with van der Waals surface area (Å²) in [5.74, 6) is 0.107. The van der Waals surface area contributed by atoms with Crippen LogP contribution >= 0.6 is 0 Å². The third kappa shape index (κ3) is 3.24. The SMILES string of the molecule is CC[C@@H](C)CS(=O)(=O)N1CCS(=O)(=O)C(C)(C)C1. The number of sulfone groups is 1. The molecule has 1 aliphatic rings. The van der Waals surface area contributed by atoms with E-state index < -0.39 is 24.6 Å². The van der Waals surface area contributed by atoms with Gasteiger partial charge in [-0.2, -0.15) is 4.31 Å². The maximum absolute atomic E-state index is 12.2. The summed E-state index contributed by atoms with van der Waals surface area (Å²) in [6.45, 7) is 7.17. The first-order valence-electron chi connectivity index (χ1n) is 6.22. The van der Waals surface area contributed by atoms with Crippen LogP contribution in [0, 0.1) is 5.92 Å². The first-order chi connectivity index (χ1) is 8.02. The van der Waals surface area contributed by atoms with E-state index >= 15 is 0 Å². The van der Waals surface area contributed by atoms with E-state index in [9.17, 15) is 16.8 Å². The molecule has 0 saturated carbocycles. The smallest absolute Gasteiger partial charge is 0.214 e. The molecule has 0 aromatic rings. The van der Waals surface area contributed by atoms with E-state index in [1.165, 1.54) is 4.31 Å². The van der Waals surface area contributed by atoms with E-state index in [4.69, 9.17) is 0 Å². The van der Waals surface area contributed by atoms with E-state index in [1.807, 2.05) is 13.8 Å². The second-order valence-corrected chi connectivity index (χ2v) is 10.5. The second-order valence-electron chi connectivity index (χ2n) is 5.70. The van der Waals surface area contributed by atoms with E-state index in [0.29, 0.717) is 0 Å². The van der Waals surface area contributed by atoms with Crippen LogP contribution in [0.1, 0.15) is 34.1 Å². The zero-order chi connectivity index (χ0) is 14.2. The van der Waals surface area contributed by atoms with Crippen molar-refractivity contribution in [3.05, 3.63) is 0 Å². The van der Waals surface area contributed by atoms with E-state index in [-0.39, 0.29) is 30.5 Å². The van der Waals surface area contributed by atoms with Gasteiger partial charge in [-0.3, -0.25) is 0 Å². The van der Waals surface area contributed by atoms with Crippen molar-refractivity contribution in [2.45, 2.75) is 38.9 Å². The molecular formula is C11H23NO4S2. The van der Waals surface area contributed by atoms with Crippen molar-refractivity contribution in [2.24, 2.45) is 5.92 Å². The standard InChI is InChI=1S/C11H23NO4S2/c1-5-10(2)8-18(15,16)12-6-7-17(13,14)11(3,4)9-12/h10H,5-9H2,1-4H3/t10-/m1/s1. The monoisotopic (exact) mass is 297 g/mol. The average molecular weight is 297 g/mol. The van der Waals surface area contributed by atoms with Gasteiger partial charge in [0.25, 0.3) is 0 Å². The summed E-state index contributed by atoms with van der Waals surface area (Å²) in [5, 5.41) is 0. The lowest BCUT2D eigenvalue weighted by molar-refractivity contribution is 0.363. The normalized spacial score (nSPS) is 25.8. The van der Waals surface area contributed by atoms with Gasteiger partial charge in [0.05, 0.1) is 16.3 Å². The molecule has 0 N–H and O–H groups in total. The zero-order valence-electron chi connectivity index (χ0n) is 11.5. The molecule has 7 heteroatoms. The molecule has 0 aliphatic carbocycles. The molecule has 18 heavy (non-hydrogen) atoms. The van der Waals surface area contributed by atoms with Gasteiger partial charge in [0.2, 0.25) is 10.0 Å². The Morgan fingerprint density at radius 2 is 1.89 bits per heavy atom. The Bertz CT molecular complexity index is 493. The number of hydrogen-bond acceptors (Lipinski definition) is 4. The lowest BCUT2D eigenvalue weighted by Crippen LogP contribution is -2.55. The molecule has 1 rings (SSSR count). The summed E-state index contributed by atoms with van der Waals surface area (Å²) in [7, 11) is -6.54. The highest BCUT2D eigenvalue weighted by Crippen LogP contribution is 2.26. The van der Waals surface area contributed by atoms with Gasteiger partial charge in [-0.05, 0) is 19.8 Å². The van der Waals surface area contributed by atoms with Crippen LogP contribution in [-0.4, -0.2) is 50.5 Å². The molecule has 0 amide bonds. The van der Waals surface area contributed by atoms with Gasteiger partial charge >= 0.3 is 0 Å². The number of nitrogens with zero attached hydrogens (tertiary/aromatic N) is 1. The van der Waals surface area contributed by atoms with Gasteiger partial charge in [0.15, 0.2) is 9.84 Å². The molecule has 5 nitrogen and oxygen atoms in total. The molecule has 0 spiro atoms. The Morgan fingerprint density at radius 3 is 2.33 bits per heavy atom. The Labute approximate surface area is 111 Å². The maximum atomic E-state index is 12.2. The quantitative estimate of drug-likeness (QED) is 0.772. The highest BCUT2D eigenvalue weighted by atomic mass is 32.2. The number of rotatable bonds is 4. The third-order valence-corrected chi connectivity index (χ3v) is 8.22. The third-order valence-electron chi connectivity index (χ3n) is 3.59. The number of hydrogen-bond donors (Lipinski definition) is 0. The molecular weight excluding hydrogens is 274 g/mol. The van der Waals surface area contributed by atoms with Gasteiger partial charge in [0, 0.05) is 13.1 Å². The molecule has 1 saturated heterocycles. The van der Waals surface area contributed by atoms with Gasteiger partial charge < -0.3 is 0 Å². The molecule has 1 fully saturated rings. The number of sulfonamides is 1. The molecule has 1 heterocycles. The van der Waals surface area contributed by atoms with Gasteiger partial charge in [-0.15, -0.1) is 0 Å². The van der Waals surface area contributed by atoms with Crippen LogP contribution in [0.2, 0.25) is 0 Å². The average Bonchev–Trinajstić information content (AvgIpc) is 2.21. The Hall–Kier alpha value is -0.140. The van der Waals surface area contributed by atoms with Crippen LogP contribution in [-0.2, 0) is 19.9 Å². The molecule has 1 atom stereocenters. The zero-order valence-corrected chi connectivity index (χ0v) is 13.1. The summed E-state index contributed by atoms with van der Waals surface area (Å²) in [4.78, 5) is 0. The predicted octanol–water partition coefficient (Wildman–Crippen LogP) is 0.871. The predicted molar refractivity (Wildman–Crippen MR) is 72.7 cm³/mol. The van der Waals surface area contributed by atoms with E-state index in [1.54, 1.807) is 13.8 Å². The minimum Gasteiger partial charge on any atom is -0.228 e. The van der Waals surface area contributed by atoms with Crippen molar-refractivity contribution in [3.63, 3.8) is 0 Å². The van der Waals surface area contributed by atoms with Crippen molar-refractivity contribution < 1.29 is 16.8 Å². The fourth-order valence-electron chi connectivity index (χ4n) is 1.92. The van der Waals surface area contributed by atoms with Crippen LogP contribution in [0.25, 0.3) is 0 Å². The fraction of sp³-hybridized carbons (Fsp3) is 1.00.